The highest BCUT2D eigenvalue weighted by Crippen LogP contribution is 2.33. The van der Waals surface area contributed by atoms with Crippen LogP contribution in [0.2, 0.25) is 0 Å². The normalized spacial score (nSPS) is 12.2. The van der Waals surface area contributed by atoms with Gasteiger partial charge in [0.1, 0.15) is 11.5 Å². The first-order valence-electron chi connectivity index (χ1n) is 4.85. The van der Waals surface area contributed by atoms with E-state index in [2.05, 4.69) is 4.74 Å². The van der Waals surface area contributed by atoms with Crippen molar-refractivity contribution in [2.24, 2.45) is 0 Å². The van der Waals surface area contributed by atoms with Crippen LogP contribution < -0.4 is 0 Å². The molecule has 5 nitrogen and oxygen atoms in total. The fourth-order valence-corrected chi connectivity index (χ4v) is 1.28. The Balaban J connectivity index is 3.05. The summed E-state index contributed by atoms with van der Waals surface area (Å²) in [6, 6.07) is 2.58. The van der Waals surface area contributed by atoms with E-state index in [1.807, 2.05) is 0 Å². The van der Waals surface area contributed by atoms with Crippen LogP contribution >= 0.6 is 0 Å². The van der Waals surface area contributed by atoms with E-state index in [-0.39, 0.29) is 29.2 Å². The van der Waals surface area contributed by atoms with E-state index in [1.54, 1.807) is 6.92 Å². The summed E-state index contributed by atoms with van der Waals surface area (Å²) < 4.78 is 4.62. The number of carbonyl (C=O) groups excluding carboxylic acids is 1. The quantitative estimate of drug-likeness (QED) is 0.669. The highest BCUT2D eigenvalue weighted by molar-refractivity contribution is 5.77. The van der Waals surface area contributed by atoms with E-state index < -0.39 is 12.1 Å². The average Bonchev–Trinajstić information content (AvgIpc) is 2.26. The van der Waals surface area contributed by atoms with Crippen LogP contribution in [0.15, 0.2) is 12.1 Å². The second-order valence-electron chi connectivity index (χ2n) is 3.30. The number of esters is 1. The van der Waals surface area contributed by atoms with Crippen molar-refractivity contribution in [2.45, 2.75) is 20.0 Å². The summed E-state index contributed by atoms with van der Waals surface area (Å²) in [5.74, 6) is -1.24. The number of carbonyl (C=O) groups is 1. The van der Waals surface area contributed by atoms with Gasteiger partial charge in [0, 0.05) is 11.1 Å². The van der Waals surface area contributed by atoms with Crippen LogP contribution in [0.3, 0.4) is 0 Å². The van der Waals surface area contributed by atoms with Crippen molar-refractivity contribution in [3.8, 4) is 11.5 Å². The molecule has 1 aromatic carbocycles. The van der Waals surface area contributed by atoms with Crippen LogP contribution in [0.25, 0.3) is 0 Å². The van der Waals surface area contributed by atoms with Crippen molar-refractivity contribution in [1.82, 2.24) is 0 Å². The second kappa shape index (κ2) is 4.85. The molecule has 16 heavy (non-hydrogen) atoms. The SMILES string of the molecule is CCOC(=O)C(O)c1ccc(O)c(C)c1O. The molecule has 5 heteroatoms. The van der Waals surface area contributed by atoms with Gasteiger partial charge in [-0.15, -0.1) is 0 Å². The molecule has 0 heterocycles. The molecule has 88 valence electrons. The van der Waals surface area contributed by atoms with Crippen molar-refractivity contribution in [3.63, 3.8) is 0 Å². The zero-order chi connectivity index (χ0) is 12.3. The Bertz CT molecular complexity index is 400. The summed E-state index contributed by atoms with van der Waals surface area (Å²) in [7, 11) is 0. The Labute approximate surface area is 92.9 Å². The van der Waals surface area contributed by atoms with Crippen molar-refractivity contribution in [3.05, 3.63) is 23.3 Å². The summed E-state index contributed by atoms with van der Waals surface area (Å²) in [6.45, 7) is 3.24. The zero-order valence-corrected chi connectivity index (χ0v) is 9.10. The van der Waals surface area contributed by atoms with Gasteiger partial charge in [0.05, 0.1) is 6.61 Å². The molecule has 0 aliphatic rings. The third-order valence-electron chi connectivity index (χ3n) is 2.24. The minimum Gasteiger partial charge on any atom is -0.508 e. The highest BCUT2D eigenvalue weighted by atomic mass is 16.5. The van der Waals surface area contributed by atoms with Crippen LogP contribution in [-0.2, 0) is 9.53 Å². The standard InChI is InChI=1S/C11H14O5/c1-3-16-11(15)10(14)7-4-5-8(12)6(2)9(7)13/h4-5,10,12-14H,3H2,1-2H3. The Morgan fingerprint density at radius 1 is 1.44 bits per heavy atom. The third-order valence-corrected chi connectivity index (χ3v) is 2.24. The predicted molar refractivity (Wildman–Crippen MR) is 56.1 cm³/mol. The van der Waals surface area contributed by atoms with Crippen LogP contribution in [-0.4, -0.2) is 27.9 Å². The molecule has 1 rings (SSSR count). The van der Waals surface area contributed by atoms with Crippen LogP contribution in [0, 0.1) is 6.92 Å². The molecule has 1 aromatic rings. The number of phenolic OH excluding ortho intramolecular Hbond substituents is 2. The molecule has 0 fully saturated rings. The minimum atomic E-state index is -1.54. The molecule has 0 radical (unpaired) electrons. The number of phenols is 2. The smallest absolute Gasteiger partial charge is 0.339 e. The largest absolute Gasteiger partial charge is 0.508 e. The number of benzene rings is 1. The first-order chi connectivity index (χ1) is 7.49. The number of aliphatic hydroxyl groups is 1. The fraction of sp³-hybridized carbons (Fsp3) is 0.364. The average molecular weight is 226 g/mol. The lowest BCUT2D eigenvalue weighted by atomic mass is 10.0. The van der Waals surface area contributed by atoms with Crippen LogP contribution in [0.5, 0.6) is 11.5 Å². The molecule has 0 aliphatic heterocycles. The van der Waals surface area contributed by atoms with Gasteiger partial charge >= 0.3 is 5.97 Å². The molecule has 0 aromatic heterocycles. The molecular weight excluding hydrogens is 212 g/mol. The summed E-state index contributed by atoms with van der Waals surface area (Å²) in [5, 5.41) is 28.5. The lowest BCUT2D eigenvalue weighted by Gasteiger charge is -2.13. The number of aromatic hydroxyl groups is 2. The van der Waals surface area contributed by atoms with Crippen LogP contribution in [0.1, 0.15) is 24.2 Å². The molecule has 0 aliphatic carbocycles. The second-order valence-corrected chi connectivity index (χ2v) is 3.30. The summed E-state index contributed by atoms with van der Waals surface area (Å²) in [4.78, 5) is 11.2. The van der Waals surface area contributed by atoms with E-state index in [4.69, 9.17) is 0 Å². The van der Waals surface area contributed by atoms with Gasteiger partial charge in [0.15, 0.2) is 6.10 Å². The van der Waals surface area contributed by atoms with Gasteiger partial charge in [-0.1, -0.05) is 0 Å². The van der Waals surface area contributed by atoms with Crippen LogP contribution in [0.4, 0.5) is 0 Å². The number of rotatable bonds is 3. The van der Waals surface area contributed by atoms with Crippen molar-refractivity contribution in [1.29, 1.82) is 0 Å². The Morgan fingerprint density at radius 2 is 2.06 bits per heavy atom. The Kier molecular flexibility index (Phi) is 3.73. The number of hydrogen-bond donors (Lipinski definition) is 3. The van der Waals surface area contributed by atoms with Gasteiger partial charge in [-0.3, -0.25) is 0 Å². The third kappa shape index (κ3) is 2.25. The Hall–Kier alpha value is -1.75. The molecule has 0 spiro atoms. The van der Waals surface area contributed by atoms with Crippen molar-refractivity contribution in [2.75, 3.05) is 6.61 Å². The molecule has 1 atom stereocenters. The monoisotopic (exact) mass is 226 g/mol. The van der Waals surface area contributed by atoms with Gasteiger partial charge in [0.2, 0.25) is 0 Å². The number of hydrogen-bond acceptors (Lipinski definition) is 5. The summed E-state index contributed by atoms with van der Waals surface area (Å²) in [6.07, 6.45) is -1.54. The summed E-state index contributed by atoms with van der Waals surface area (Å²) in [5.41, 5.74) is 0.231. The maximum Gasteiger partial charge on any atom is 0.339 e. The van der Waals surface area contributed by atoms with E-state index in [0.717, 1.165) is 0 Å². The fourth-order valence-electron chi connectivity index (χ4n) is 1.28. The molecule has 3 N–H and O–H groups in total. The lowest BCUT2D eigenvalue weighted by Crippen LogP contribution is -2.15. The van der Waals surface area contributed by atoms with E-state index in [1.165, 1.54) is 19.1 Å². The first kappa shape index (κ1) is 12.3. The van der Waals surface area contributed by atoms with Crippen molar-refractivity contribution >= 4 is 5.97 Å². The molecule has 0 saturated carbocycles. The van der Waals surface area contributed by atoms with Gasteiger partial charge < -0.3 is 20.1 Å². The lowest BCUT2D eigenvalue weighted by molar-refractivity contribution is -0.153. The van der Waals surface area contributed by atoms with Gasteiger partial charge in [-0.25, -0.2) is 4.79 Å². The van der Waals surface area contributed by atoms with E-state index >= 15 is 0 Å². The molecule has 0 bridgehead atoms. The maximum absolute atomic E-state index is 11.2. The highest BCUT2D eigenvalue weighted by Gasteiger charge is 2.23. The zero-order valence-electron chi connectivity index (χ0n) is 9.10. The van der Waals surface area contributed by atoms with Gasteiger partial charge in [0.25, 0.3) is 0 Å². The minimum absolute atomic E-state index is 0.0220. The molecular formula is C11H14O5. The van der Waals surface area contributed by atoms with Crippen molar-refractivity contribution < 1.29 is 24.9 Å². The van der Waals surface area contributed by atoms with Gasteiger partial charge in [-0.05, 0) is 26.0 Å². The van der Waals surface area contributed by atoms with E-state index in [9.17, 15) is 20.1 Å². The molecule has 0 saturated heterocycles. The number of ether oxygens (including phenoxy) is 1. The molecule has 0 amide bonds. The first-order valence-corrected chi connectivity index (χ1v) is 4.85. The van der Waals surface area contributed by atoms with E-state index in [0.29, 0.717) is 0 Å². The Morgan fingerprint density at radius 3 is 2.62 bits per heavy atom. The predicted octanol–water partition coefficient (Wildman–Crippen LogP) is 1.00. The maximum atomic E-state index is 11.2. The number of aliphatic hydroxyl groups excluding tert-OH is 1. The molecule has 1 unspecified atom stereocenters. The summed E-state index contributed by atoms with van der Waals surface area (Å²) >= 11 is 0. The topological polar surface area (TPSA) is 87.0 Å². The van der Waals surface area contributed by atoms with Gasteiger partial charge in [-0.2, -0.15) is 0 Å².